The van der Waals surface area contributed by atoms with E-state index in [4.69, 9.17) is 0 Å². The zero-order valence-corrected chi connectivity index (χ0v) is 22.2. The van der Waals surface area contributed by atoms with Crippen LogP contribution < -0.4 is 29.3 Å². The molecule has 1 amide bonds. The molecule has 5 nitrogen and oxygen atoms in total. The van der Waals surface area contributed by atoms with Crippen molar-refractivity contribution in [1.82, 2.24) is 10.2 Å². The number of carbonyl (C=O) groups excluding carboxylic acids is 2. The molecule has 3 rings (SSSR count). The summed E-state index contributed by atoms with van der Waals surface area (Å²) in [5.41, 5.74) is 3.38. The molecule has 0 radical (unpaired) electrons. The number of nitrogens with zero attached hydrogens (tertiary/aromatic N) is 1. The maximum absolute atomic E-state index is 13.1. The van der Waals surface area contributed by atoms with Crippen LogP contribution in [0.2, 0.25) is 0 Å². The zero-order valence-electron chi connectivity index (χ0n) is 21.4. The SMILES string of the molecule is CSCC[C@H](NC(=O)c1ccc(CN(C)CCC2CCCCC2)cc1-c1ccccc1)C(=O)[O-].[Li+]. The van der Waals surface area contributed by atoms with Crippen LogP contribution in [-0.4, -0.2) is 48.4 Å². The Morgan fingerprint density at radius 1 is 1.11 bits per heavy atom. The monoisotopic (exact) mass is 488 g/mol. The Balaban J connectivity index is 0.00000432. The molecule has 0 saturated heterocycles. The van der Waals surface area contributed by atoms with Gasteiger partial charge < -0.3 is 20.1 Å². The van der Waals surface area contributed by atoms with E-state index in [2.05, 4.69) is 23.3 Å². The van der Waals surface area contributed by atoms with Gasteiger partial charge in [0.2, 0.25) is 0 Å². The molecule has 2 aromatic carbocycles. The molecular weight excluding hydrogens is 451 g/mol. The van der Waals surface area contributed by atoms with E-state index in [1.807, 2.05) is 48.7 Å². The standard InChI is InChI=1S/C28H38N2O3S.Li/c1-30(17-15-21-9-5-3-6-10-21)20-22-13-14-24(25(19-22)23-11-7-4-8-12-23)27(31)29-26(28(32)33)16-18-34-2;/h4,7-8,11-14,19,21,26H,3,5-6,9-10,15-18,20H2,1-2H3,(H,29,31)(H,32,33);/q;+1/p-1/t26-;/m0./s1. The predicted octanol–water partition coefficient (Wildman–Crippen LogP) is 1.36. The van der Waals surface area contributed by atoms with Crippen molar-refractivity contribution in [3.05, 3.63) is 59.7 Å². The van der Waals surface area contributed by atoms with Crippen molar-refractivity contribution in [2.24, 2.45) is 5.92 Å². The van der Waals surface area contributed by atoms with Crippen LogP contribution in [0.3, 0.4) is 0 Å². The van der Waals surface area contributed by atoms with Gasteiger partial charge in [0.05, 0.1) is 12.0 Å². The summed E-state index contributed by atoms with van der Waals surface area (Å²) in [6.45, 7) is 1.88. The smallest absolute Gasteiger partial charge is 0.548 e. The minimum atomic E-state index is -1.25. The number of carboxylic acids is 1. The Morgan fingerprint density at radius 2 is 1.83 bits per heavy atom. The number of benzene rings is 2. The Morgan fingerprint density at radius 3 is 2.49 bits per heavy atom. The van der Waals surface area contributed by atoms with Gasteiger partial charge in [-0.1, -0.05) is 68.5 Å². The van der Waals surface area contributed by atoms with Gasteiger partial charge in [-0.05, 0) is 73.2 Å². The van der Waals surface area contributed by atoms with Crippen molar-refractivity contribution in [3.8, 4) is 11.1 Å². The average Bonchev–Trinajstić information content (AvgIpc) is 2.86. The first-order valence-corrected chi connectivity index (χ1v) is 13.7. The van der Waals surface area contributed by atoms with Gasteiger partial charge in [0.1, 0.15) is 0 Å². The van der Waals surface area contributed by atoms with E-state index in [1.165, 1.54) is 38.5 Å². The first-order valence-electron chi connectivity index (χ1n) is 12.4. The molecule has 7 heteroatoms. The van der Waals surface area contributed by atoms with E-state index in [0.29, 0.717) is 17.7 Å². The van der Waals surface area contributed by atoms with Crippen LogP contribution in [0.15, 0.2) is 48.5 Å². The van der Waals surface area contributed by atoms with Gasteiger partial charge in [-0.15, -0.1) is 0 Å². The molecule has 0 bridgehead atoms. The van der Waals surface area contributed by atoms with Crippen LogP contribution in [0.1, 0.15) is 60.9 Å². The van der Waals surface area contributed by atoms with Crippen molar-refractivity contribution in [2.45, 2.75) is 57.5 Å². The third-order valence-electron chi connectivity index (χ3n) is 6.71. The summed E-state index contributed by atoms with van der Waals surface area (Å²) in [4.78, 5) is 27.0. The summed E-state index contributed by atoms with van der Waals surface area (Å²) in [5, 5.41) is 14.2. The molecule has 1 saturated carbocycles. The number of carboxylic acid groups (broad SMARTS) is 1. The minimum absolute atomic E-state index is 0. The van der Waals surface area contributed by atoms with Crippen molar-refractivity contribution in [2.75, 3.05) is 25.6 Å². The number of thioether (sulfide) groups is 1. The van der Waals surface area contributed by atoms with E-state index < -0.39 is 12.0 Å². The van der Waals surface area contributed by atoms with E-state index in [9.17, 15) is 14.7 Å². The molecule has 1 fully saturated rings. The van der Waals surface area contributed by atoms with Crippen LogP contribution in [0.5, 0.6) is 0 Å². The summed E-state index contributed by atoms with van der Waals surface area (Å²) in [6.07, 6.45) is 10.3. The number of nitrogens with one attached hydrogen (secondary N) is 1. The molecule has 0 aromatic heterocycles. The second-order valence-corrected chi connectivity index (χ2v) is 10.4. The van der Waals surface area contributed by atoms with Gasteiger partial charge in [0.25, 0.3) is 5.91 Å². The molecule has 1 N–H and O–H groups in total. The zero-order chi connectivity index (χ0) is 24.3. The maximum atomic E-state index is 13.1. The third kappa shape index (κ3) is 9.35. The molecule has 184 valence electrons. The topological polar surface area (TPSA) is 72.5 Å². The van der Waals surface area contributed by atoms with Crippen LogP contribution in [0.4, 0.5) is 0 Å². The van der Waals surface area contributed by atoms with Gasteiger partial charge in [0.15, 0.2) is 0 Å². The molecule has 0 unspecified atom stereocenters. The van der Waals surface area contributed by atoms with E-state index >= 15 is 0 Å². The molecule has 0 spiro atoms. The van der Waals surface area contributed by atoms with Crippen LogP contribution in [0.25, 0.3) is 11.1 Å². The maximum Gasteiger partial charge on any atom is 1.00 e. The molecule has 1 atom stereocenters. The molecule has 35 heavy (non-hydrogen) atoms. The Labute approximate surface area is 226 Å². The number of hydrogen-bond donors (Lipinski definition) is 1. The molecule has 0 heterocycles. The van der Waals surface area contributed by atoms with Crippen molar-refractivity contribution in [1.29, 1.82) is 0 Å². The normalized spacial score (nSPS) is 14.8. The van der Waals surface area contributed by atoms with Gasteiger partial charge in [-0.3, -0.25) is 4.79 Å². The molecule has 2 aromatic rings. The van der Waals surface area contributed by atoms with Crippen LogP contribution >= 0.6 is 11.8 Å². The Bertz CT molecular complexity index is 935. The Kier molecular flexibility index (Phi) is 13.0. The largest absolute Gasteiger partial charge is 1.00 e. The Hall–Kier alpha value is -1.71. The first-order chi connectivity index (χ1) is 16.5. The van der Waals surface area contributed by atoms with Gasteiger partial charge in [-0.25, -0.2) is 0 Å². The van der Waals surface area contributed by atoms with E-state index in [0.717, 1.165) is 35.7 Å². The van der Waals surface area contributed by atoms with Gasteiger partial charge in [-0.2, -0.15) is 11.8 Å². The fourth-order valence-corrected chi connectivity index (χ4v) is 5.21. The molecule has 1 aliphatic carbocycles. The van der Waals surface area contributed by atoms with Gasteiger partial charge in [0, 0.05) is 12.1 Å². The van der Waals surface area contributed by atoms with Crippen molar-refractivity contribution >= 4 is 23.6 Å². The van der Waals surface area contributed by atoms with Crippen LogP contribution in [-0.2, 0) is 11.3 Å². The summed E-state index contributed by atoms with van der Waals surface area (Å²) in [6, 6.07) is 14.7. The number of carbonyl (C=O) groups is 2. The second kappa shape index (κ2) is 15.4. The molecular formula is C28H37LiN2O3S. The van der Waals surface area contributed by atoms with E-state index in [1.54, 1.807) is 11.8 Å². The second-order valence-electron chi connectivity index (χ2n) is 9.40. The van der Waals surface area contributed by atoms with E-state index in [-0.39, 0.29) is 24.8 Å². The van der Waals surface area contributed by atoms with Crippen molar-refractivity contribution < 1.29 is 33.6 Å². The third-order valence-corrected chi connectivity index (χ3v) is 7.35. The summed E-state index contributed by atoms with van der Waals surface area (Å²) in [5.74, 6) is -0.146. The predicted molar refractivity (Wildman–Crippen MR) is 139 cm³/mol. The number of aliphatic carboxylic acids is 1. The van der Waals surface area contributed by atoms with Gasteiger partial charge >= 0.3 is 18.9 Å². The summed E-state index contributed by atoms with van der Waals surface area (Å²) >= 11 is 1.54. The fourth-order valence-electron chi connectivity index (χ4n) is 4.73. The minimum Gasteiger partial charge on any atom is -0.548 e. The van der Waals surface area contributed by atoms with Crippen molar-refractivity contribution in [3.63, 3.8) is 0 Å². The van der Waals surface area contributed by atoms with Crippen LogP contribution in [0, 0.1) is 5.92 Å². The summed E-state index contributed by atoms with van der Waals surface area (Å²) in [7, 11) is 2.15. The number of hydrogen-bond acceptors (Lipinski definition) is 5. The quantitative estimate of drug-likeness (QED) is 0.457. The molecule has 0 aliphatic heterocycles. The fraction of sp³-hybridized carbons (Fsp3) is 0.500. The molecule has 1 aliphatic rings. The first kappa shape index (κ1) is 29.5. The number of rotatable bonds is 12. The number of amides is 1. The summed E-state index contributed by atoms with van der Waals surface area (Å²) < 4.78 is 0. The average molecular weight is 489 g/mol.